The smallest absolute Gasteiger partial charge is 0.277 e. The van der Waals surface area contributed by atoms with E-state index in [1.807, 2.05) is 25.1 Å². The number of nitrogens with zero attached hydrogens (tertiary/aromatic N) is 4. The number of carbonyl (C=O) groups excluding carboxylic acids is 1. The topological polar surface area (TPSA) is 119 Å². The lowest BCUT2D eigenvalue weighted by atomic mass is 10.0. The number of hydrogen-bond donors (Lipinski definition) is 1. The summed E-state index contributed by atoms with van der Waals surface area (Å²) < 4.78 is 2.16. The predicted molar refractivity (Wildman–Crippen MR) is 126 cm³/mol. The van der Waals surface area contributed by atoms with Crippen LogP contribution in [0.25, 0.3) is 0 Å². The summed E-state index contributed by atoms with van der Waals surface area (Å²) in [5, 5.41) is 2.86. The van der Waals surface area contributed by atoms with Crippen molar-refractivity contribution >= 4 is 23.2 Å². The second kappa shape index (κ2) is 10.8. The van der Waals surface area contributed by atoms with Gasteiger partial charge in [0.2, 0.25) is 5.62 Å². The second-order valence-electron chi connectivity index (χ2n) is 7.61. The number of rotatable bonds is 8. The van der Waals surface area contributed by atoms with Gasteiger partial charge in [-0.15, -0.1) is 4.91 Å². The monoisotopic (exact) mass is 469 g/mol. The van der Waals surface area contributed by atoms with Crippen molar-refractivity contribution in [3.05, 3.63) is 95.7 Å². The molecule has 1 aromatic heterocycles. The normalized spacial score (nSPS) is 11.5. The van der Waals surface area contributed by atoms with Crippen LogP contribution in [0.2, 0.25) is 5.02 Å². The Morgan fingerprint density at radius 2 is 1.82 bits per heavy atom. The largest absolute Gasteiger partial charge is 0.335 e. The van der Waals surface area contributed by atoms with E-state index in [0.29, 0.717) is 10.7 Å². The van der Waals surface area contributed by atoms with Gasteiger partial charge in [-0.2, -0.15) is 0 Å². The van der Waals surface area contributed by atoms with Crippen molar-refractivity contribution in [2.75, 3.05) is 0 Å². The van der Waals surface area contributed by atoms with Crippen LogP contribution in [-0.2, 0) is 24.3 Å². The average molecular weight is 470 g/mol. The first kappa shape index (κ1) is 24.1. The Hall–Kier alpha value is -3.59. The van der Waals surface area contributed by atoms with E-state index in [0.717, 1.165) is 28.5 Å². The third kappa shape index (κ3) is 6.01. The van der Waals surface area contributed by atoms with Crippen molar-refractivity contribution < 1.29 is 4.79 Å². The summed E-state index contributed by atoms with van der Waals surface area (Å²) in [5.74, 6) is -0.943. The molecule has 0 aliphatic carbocycles. The molecule has 172 valence electrons. The van der Waals surface area contributed by atoms with Crippen molar-refractivity contribution in [1.82, 2.24) is 14.1 Å². The predicted octanol–water partition coefficient (Wildman–Crippen LogP) is 3.22. The molecule has 3 aromatic rings. The summed E-state index contributed by atoms with van der Waals surface area (Å²) >= 11 is 5.96. The van der Waals surface area contributed by atoms with E-state index in [1.165, 1.54) is 10.1 Å². The van der Waals surface area contributed by atoms with Crippen LogP contribution in [0.15, 0.2) is 62.2 Å². The zero-order valence-electron chi connectivity index (χ0n) is 18.4. The van der Waals surface area contributed by atoms with Gasteiger partial charge < -0.3 is 0 Å². The number of nitroso groups, excluding NO2 is 1. The fourth-order valence-electron chi connectivity index (χ4n) is 3.43. The molecule has 0 spiro atoms. The highest BCUT2D eigenvalue weighted by Gasteiger charge is 2.12. The Labute approximate surface area is 194 Å². The molecule has 2 aromatic carbocycles. The molecule has 0 fully saturated rings. The zero-order valence-corrected chi connectivity index (χ0v) is 19.1. The molecule has 0 saturated heterocycles. The van der Waals surface area contributed by atoms with E-state index < -0.39 is 17.3 Å². The van der Waals surface area contributed by atoms with E-state index >= 15 is 0 Å². The fourth-order valence-corrected chi connectivity index (χ4v) is 3.55. The number of carbonyl (C=O) groups is 1. The van der Waals surface area contributed by atoms with Gasteiger partial charge in [0.05, 0.1) is 18.7 Å². The highest BCUT2D eigenvalue weighted by atomic mass is 35.5. The van der Waals surface area contributed by atoms with E-state index in [9.17, 15) is 19.3 Å². The zero-order chi connectivity index (χ0) is 24.0. The summed E-state index contributed by atoms with van der Waals surface area (Å²) in [7, 11) is 0. The van der Waals surface area contributed by atoms with Crippen molar-refractivity contribution in [2.45, 2.75) is 46.2 Å². The van der Waals surface area contributed by atoms with Crippen molar-refractivity contribution in [3.63, 3.8) is 0 Å². The third-order valence-corrected chi connectivity index (χ3v) is 5.42. The Morgan fingerprint density at radius 3 is 2.45 bits per heavy atom. The first-order valence-corrected chi connectivity index (χ1v) is 10.9. The first-order chi connectivity index (χ1) is 15.8. The van der Waals surface area contributed by atoms with Crippen LogP contribution >= 0.6 is 11.6 Å². The lowest BCUT2D eigenvalue weighted by molar-refractivity contribution is -0.118. The molecule has 9 nitrogen and oxygen atoms in total. The van der Waals surface area contributed by atoms with Gasteiger partial charge in [-0.25, -0.2) is 19.1 Å². The summed E-state index contributed by atoms with van der Waals surface area (Å²) in [5.41, 5.74) is 2.30. The number of hydrogen-bond acceptors (Lipinski definition) is 5. The van der Waals surface area contributed by atoms with E-state index in [4.69, 9.17) is 11.6 Å². The van der Waals surface area contributed by atoms with Crippen LogP contribution in [0.4, 0.5) is 5.69 Å². The number of amides is 1. The van der Waals surface area contributed by atoms with Gasteiger partial charge in [0.1, 0.15) is 0 Å². The molecule has 0 bridgehead atoms. The molecule has 1 amide bonds. The molecule has 1 N–H and O–H groups in total. The third-order valence-electron chi connectivity index (χ3n) is 5.17. The lowest BCUT2D eigenvalue weighted by Crippen LogP contribution is -2.50. The minimum absolute atomic E-state index is 0.0682. The van der Waals surface area contributed by atoms with Crippen LogP contribution in [0, 0.1) is 11.8 Å². The maximum absolute atomic E-state index is 13.2. The SMILES string of the molecule is CCCc1ccc(/N=c2\[nH]c(=O)n(CCC(=O)N=O)c(=O)n2Cc2ccc(Cl)cc2)cc1C. The van der Waals surface area contributed by atoms with E-state index in [2.05, 4.69) is 22.1 Å². The molecule has 0 radical (unpaired) electrons. The Morgan fingerprint density at radius 1 is 1.09 bits per heavy atom. The molecule has 0 unspecified atom stereocenters. The first-order valence-electron chi connectivity index (χ1n) is 10.5. The summed E-state index contributed by atoms with van der Waals surface area (Å²) in [6.07, 6.45) is 1.61. The standard InChI is InChI=1S/C23H24ClN5O4/c1-3-4-17-7-10-19(13-15(17)2)25-21-26-22(31)28(12-11-20(30)27-33)23(32)29(21)14-16-5-8-18(24)9-6-16/h5-10,13H,3-4,11-12,14H2,1-2H3,(H,25,26,31). The molecule has 1 heterocycles. The van der Waals surface area contributed by atoms with Gasteiger partial charge >= 0.3 is 11.4 Å². The second-order valence-corrected chi connectivity index (χ2v) is 8.04. The van der Waals surface area contributed by atoms with Gasteiger partial charge in [-0.3, -0.25) is 14.3 Å². The number of aromatic amines is 1. The molecule has 0 atom stereocenters. The molecule has 10 heteroatoms. The van der Waals surface area contributed by atoms with Crippen molar-refractivity contribution in [1.29, 1.82) is 0 Å². The molecule has 3 rings (SSSR count). The van der Waals surface area contributed by atoms with Crippen LogP contribution in [-0.4, -0.2) is 20.0 Å². The highest BCUT2D eigenvalue weighted by Crippen LogP contribution is 2.18. The molecular formula is C23H24ClN5O4. The molecular weight excluding hydrogens is 446 g/mol. The van der Waals surface area contributed by atoms with Crippen LogP contribution in [0.3, 0.4) is 0 Å². The maximum atomic E-state index is 13.2. The molecule has 33 heavy (non-hydrogen) atoms. The van der Waals surface area contributed by atoms with E-state index in [-0.39, 0.29) is 25.1 Å². The summed E-state index contributed by atoms with van der Waals surface area (Å²) in [6, 6.07) is 12.6. The van der Waals surface area contributed by atoms with E-state index in [1.54, 1.807) is 24.3 Å². The molecule has 0 saturated carbocycles. The number of benzene rings is 2. The van der Waals surface area contributed by atoms with Gasteiger partial charge in [0, 0.05) is 16.7 Å². The van der Waals surface area contributed by atoms with Gasteiger partial charge in [0.25, 0.3) is 5.91 Å². The maximum Gasteiger partial charge on any atom is 0.335 e. The van der Waals surface area contributed by atoms with Gasteiger partial charge in [-0.1, -0.05) is 43.1 Å². The Balaban J connectivity index is 2.14. The fraction of sp³-hybridized carbons (Fsp3) is 0.304. The van der Waals surface area contributed by atoms with Crippen molar-refractivity contribution in [2.24, 2.45) is 10.2 Å². The lowest BCUT2D eigenvalue weighted by Gasteiger charge is -2.11. The quantitative estimate of drug-likeness (QED) is 0.509. The van der Waals surface area contributed by atoms with Gasteiger partial charge in [-0.05, 0) is 54.3 Å². The molecule has 0 aliphatic rings. The Bertz CT molecular complexity index is 1350. The van der Waals surface area contributed by atoms with Crippen LogP contribution in [0.5, 0.6) is 0 Å². The summed E-state index contributed by atoms with van der Waals surface area (Å²) in [4.78, 5) is 54.6. The molecule has 0 aliphatic heterocycles. The van der Waals surface area contributed by atoms with Crippen LogP contribution in [0.1, 0.15) is 36.5 Å². The van der Waals surface area contributed by atoms with Crippen molar-refractivity contribution in [3.8, 4) is 0 Å². The number of H-pyrrole nitrogens is 1. The minimum atomic E-state index is -0.943. The number of aromatic nitrogens is 3. The average Bonchev–Trinajstić information content (AvgIpc) is 2.79. The number of aryl methyl sites for hydroxylation is 2. The minimum Gasteiger partial charge on any atom is -0.277 e. The highest BCUT2D eigenvalue weighted by molar-refractivity contribution is 6.30. The number of halogens is 1. The summed E-state index contributed by atoms with van der Waals surface area (Å²) in [6.45, 7) is 3.93. The number of nitrogens with one attached hydrogen (secondary N) is 1. The van der Waals surface area contributed by atoms with Crippen LogP contribution < -0.4 is 17.0 Å². The Kier molecular flexibility index (Phi) is 7.89. The van der Waals surface area contributed by atoms with Gasteiger partial charge in [0.15, 0.2) is 0 Å².